The fraction of sp³-hybridized carbons (Fsp3) is 0.438. The minimum absolute atomic E-state index is 0.0634. The highest BCUT2D eigenvalue weighted by Gasteiger charge is 2.08. The molecule has 2 rings (SSSR count). The van der Waals surface area contributed by atoms with Crippen molar-refractivity contribution < 1.29 is 9.84 Å². The SMILES string of the molecule is Cc1ccc(C(C)C)c(OCCc2ncc(CO)s2)c1. The van der Waals surface area contributed by atoms with E-state index < -0.39 is 0 Å². The van der Waals surface area contributed by atoms with Crippen LogP contribution in [0.5, 0.6) is 5.75 Å². The molecule has 20 heavy (non-hydrogen) atoms. The highest BCUT2D eigenvalue weighted by atomic mass is 32.1. The Labute approximate surface area is 124 Å². The van der Waals surface area contributed by atoms with Crippen LogP contribution in [0.4, 0.5) is 0 Å². The van der Waals surface area contributed by atoms with E-state index in [2.05, 4.69) is 44.0 Å². The van der Waals surface area contributed by atoms with Crippen molar-refractivity contribution in [1.82, 2.24) is 4.98 Å². The number of aryl methyl sites for hydroxylation is 1. The highest BCUT2D eigenvalue weighted by Crippen LogP contribution is 2.27. The van der Waals surface area contributed by atoms with Gasteiger partial charge in [-0.25, -0.2) is 4.98 Å². The monoisotopic (exact) mass is 291 g/mol. The molecule has 1 aromatic carbocycles. The molecule has 0 radical (unpaired) electrons. The van der Waals surface area contributed by atoms with E-state index in [0.29, 0.717) is 12.5 Å². The molecular weight excluding hydrogens is 270 g/mol. The zero-order chi connectivity index (χ0) is 14.5. The molecule has 0 aliphatic rings. The molecule has 0 atom stereocenters. The summed E-state index contributed by atoms with van der Waals surface area (Å²) < 4.78 is 5.93. The summed E-state index contributed by atoms with van der Waals surface area (Å²) in [7, 11) is 0. The number of aromatic nitrogens is 1. The van der Waals surface area contributed by atoms with Gasteiger partial charge in [0.25, 0.3) is 0 Å². The van der Waals surface area contributed by atoms with E-state index in [0.717, 1.165) is 22.1 Å². The van der Waals surface area contributed by atoms with Crippen molar-refractivity contribution in [1.29, 1.82) is 0 Å². The van der Waals surface area contributed by atoms with Gasteiger partial charge in [-0.05, 0) is 30.0 Å². The van der Waals surface area contributed by atoms with Crippen molar-refractivity contribution in [2.45, 2.75) is 39.7 Å². The molecule has 0 aliphatic carbocycles. The van der Waals surface area contributed by atoms with Crippen molar-refractivity contribution in [2.75, 3.05) is 6.61 Å². The van der Waals surface area contributed by atoms with Gasteiger partial charge in [0.15, 0.2) is 0 Å². The Kier molecular flexibility index (Phi) is 5.15. The minimum Gasteiger partial charge on any atom is -0.493 e. The number of hydrogen-bond acceptors (Lipinski definition) is 4. The van der Waals surface area contributed by atoms with Gasteiger partial charge in [0.1, 0.15) is 5.75 Å². The van der Waals surface area contributed by atoms with Gasteiger partial charge in [-0.2, -0.15) is 0 Å². The van der Waals surface area contributed by atoms with Crippen molar-refractivity contribution >= 4 is 11.3 Å². The van der Waals surface area contributed by atoms with Gasteiger partial charge in [-0.1, -0.05) is 26.0 Å². The van der Waals surface area contributed by atoms with Crippen LogP contribution in [0.25, 0.3) is 0 Å². The van der Waals surface area contributed by atoms with Gasteiger partial charge in [-0.15, -0.1) is 11.3 Å². The summed E-state index contributed by atoms with van der Waals surface area (Å²) in [5, 5.41) is 10.0. The molecule has 0 amide bonds. The summed E-state index contributed by atoms with van der Waals surface area (Å²) in [6, 6.07) is 6.36. The Morgan fingerprint density at radius 1 is 1.35 bits per heavy atom. The molecule has 0 bridgehead atoms. The molecular formula is C16H21NO2S. The van der Waals surface area contributed by atoms with Crippen LogP contribution in [0, 0.1) is 6.92 Å². The molecule has 108 valence electrons. The lowest BCUT2D eigenvalue weighted by molar-refractivity contribution is 0.285. The first-order chi connectivity index (χ1) is 9.60. The Bertz CT molecular complexity index is 563. The predicted octanol–water partition coefficient (Wildman–Crippen LogP) is 3.69. The first kappa shape index (κ1) is 15.0. The number of aliphatic hydroxyl groups is 1. The Morgan fingerprint density at radius 2 is 2.15 bits per heavy atom. The van der Waals surface area contributed by atoms with Crippen molar-refractivity contribution in [3.05, 3.63) is 45.4 Å². The number of ether oxygens (including phenoxy) is 1. The average molecular weight is 291 g/mol. The average Bonchev–Trinajstić information content (AvgIpc) is 2.86. The number of hydrogen-bond donors (Lipinski definition) is 1. The number of thiazole rings is 1. The Hall–Kier alpha value is -1.39. The number of nitrogens with zero attached hydrogens (tertiary/aromatic N) is 1. The van der Waals surface area contributed by atoms with Gasteiger partial charge >= 0.3 is 0 Å². The van der Waals surface area contributed by atoms with Crippen LogP contribution >= 0.6 is 11.3 Å². The summed E-state index contributed by atoms with van der Waals surface area (Å²) in [5.74, 6) is 1.42. The minimum atomic E-state index is 0.0634. The molecule has 1 aromatic heterocycles. The van der Waals surface area contributed by atoms with E-state index in [1.807, 2.05) is 0 Å². The maximum Gasteiger partial charge on any atom is 0.123 e. The third-order valence-electron chi connectivity index (χ3n) is 3.12. The topological polar surface area (TPSA) is 42.4 Å². The lowest BCUT2D eigenvalue weighted by Gasteiger charge is -2.14. The standard InChI is InChI=1S/C16H21NO2S/c1-11(2)14-5-4-12(3)8-15(14)19-7-6-16-17-9-13(10-18)20-16/h4-5,8-9,11,18H,6-7,10H2,1-3H3. The number of benzene rings is 1. The summed E-state index contributed by atoms with van der Waals surface area (Å²) in [6.07, 6.45) is 2.50. The van der Waals surface area contributed by atoms with Crippen LogP contribution in [0.3, 0.4) is 0 Å². The molecule has 0 saturated heterocycles. The zero-order valence-electron chi connectivity index (χ0n) is 12.2. The van der Waals surface area contributed by atoms with Crippen LogP contribution < -0.4 is 4.74 Å². The van der Waals surface area contributed by atoms with Crippen molar-refractivity contribution in [2.24, 2.45) is 0 Å². The van der Waals surface area contributed by atoms with Crippen LogP contribution in [0.1, 0.15) is 40.8 Å². The first-order valence-corrected chi connectivity index (χ1v) is 7.69. The Balaban J connectivity index is 1.98. The maximum absolute atomic E-state index is 9.02. The second kappa shape index (κ2) is 6.86. The smallest absolute Gasteiger partial charge is 0.123 e. The van der Waals surface area contributed by atoms with Crippen LogP contribution in [0.2, 0.25) is 0 Å². The summed E-state index contributed by atoms with van der Waals surface area (Å²) in [6.45, 7) is 7.10. The molecule has 3 nitrogen and oxygen atoms in total. The van der Waals surface area contributed by atoms with E-state index in [1.165, 1.54) is 11.1 Å². The van der Waals surface area contributed by atoms with Crippen LogP contribution in [-0.2, 0) is 13.0 Å². The number of rotatable bonds is 6. The molecule has 1 N–H and O–H groups in total. The van der Waals surface area contributed by atoms with Gasteiger partial charge < -0.3 is 9.84 Å². The van der Waals surface area contributed by atoms with Gasteiger partial charge in [-0.3, -0.25) is 0 Å². The molecule has 0 fully saturated rings. The highest BCUT2D eigenvalue weighted by molar-refractivity contribution is 7.11. The molecule has 4 heteroatoms. The lowest BCUT2D eigenvalue weighted by Crippen LogP contribution is -2.04. The third-order valence-corrected chi connectivity index (χ3v) is 4.16. The largest absolute Gasteiger partial charge is 0.493 e. The van der Waals surface area contributed by atoms with Crippen molar-refractivity contribution in [3.63, 3.8) is 0 Å². The normalized spacial score (nSPS) is 11.1. The second-order valence-electron chi connectivity index (χ2n) is 5.17. The molecule has 0 spiro atoms. The van der Waals surface area contributed by atoms with Crippen LogP contribution in [0.15, 0.2) is 24.4 Å². The van der Waals surface area contributed by atoms with Gasteiger partial charge in [0.05, 0.1) is 23.1 Å². The third kappa shape index (κ3) is 3.81. The molecule has 0 saturated carbocycles. The van der Waals surface area contributed by atoms with E-state index in [-0.39, 0.29) is 6.61 Å². The predicted molar refractivity (Wildman–Crippen MR) is 82.5 cm³/mol. The van der Waals surface area contributed by atoms with E-state index >= 15 is 0 Å². The summed E-state index contributed by atoms with van der Waals surface area (Å²) in [5.41, 5.74) is 2.45. The van der Waals surface area contributed by atoms with E-state index in [4.69, 9.17) is 9.84 Å². The summed E-state index contributed by atoms with van der Waals surface area (Å²) >= 11 is 1.54. The molecule has 1 heterocycles. The van der Waals surface area contributed by atoms with Crippen molar-refractivity contribution in [3.8, 4) is 5.75 Å². The van der Waals surface area contributed by atoms with Gasteiger partial charge in [0, 0.05) is 12.6 Å². The number of aliphatic hydroxyl groups excluding tert-OH is 1. The maximum atomic E-state index is 9.02. The lowest BCUT2D eigenvalue weighted by atomic mass is 10.0. The second-order valence-corrected chi connectivity index (χ2v) is 6.37. The van der Waals surface area contributed by atoms with E-state index in [9.17, 15) is 0 Å². The Morgan fingerprint density at radius 3 is 2.80 bits per heavy atom. The van der Waals surface area contributed by atoms with Crippen LogP contribution in [-0.4, -0.2) is 16.7 Å². The zero-order valence-corrected chi connectivity index (χ0v) is 13.0. The fourth-order valence-corrected chi connectivity index (χ4v) is 2.79. The molecule has 2 aromatic rings. The van der Waals surface area contributed by atoms with E-state index in [1.54, 1.807) is 17.5 Å². The van der Waals surface area contributed by atoms with Gasteiger partial charge in [0.2, 0.25) is 0 Å². The first-order valence-electron chi connectivity index (χ1n) is 6.88. The quantitative estimate of drug-likeness (QED) is 0.882. The fourth-order valence-electron chi connectivity index (χ4n) is 2.03. The summed E-state index contributed by atoms with van der Waals surface area (Å²) in [4.78, 5) is 5.17. The molecule has 0 unspecified atom stereocenters. The molecule has 0 aliphatic heterocycles.